The zero-order chi connectivity index (χ0) is 27.4. The van der Waals surface area contributed by atoms with E-state index in [-0.39, 0.29) is 24.6 Å². The number of amides is 2. The van der Waals surface area contributed by atoms with Crippen LogP contribution in [0.25, 0.3) is 0 Å². The van der Waals surface area contributed by atoms with Crippen molar-refractivity contribution < 1.29 is 24.5 Å². The molecule has 0 bridgehead atoms. The molecule has 1 fully saturated rings. The first-order chi connectivity index (χ1) is 18.5. The SMILES string of the molecule is CCc1ccccc1Oc1ccccc1[C@](O)(CCCCOC)[C@@H]1CCCN(C(=O)N[C@@H](CO)CNC)C1. The van der Waals surface area contributed by atoms with Gasteiger partial charge in [0.1, 0.15) is 11.5 Å². The number of aliphatic hydroxyl groups excluding tert-OH is 1. The number of unbranched alkanes of at least 4 members (excludes halogenated alkanes) is 1. The van der Waals surface area contributed by atoms with E-state index >= 15 is 0 Å². The number of piperidine rings is 1. The van der Waals surface area contributed by atoms with Gasteiger partial charge in [-0.1, -0.05) is 43.3 Å². The second-order valence-electron chi connectivity index (χ2n) is 10.1. The molecular formula is C30H45N3O5. The maximum Gasteiger partial charge on any atom is 0.317 e. The number of benzene rings is 2. The molecular weight excluding hydrogens is 482 g/mol. The average Bonchev–Trinajstić information content (AvgIpc) is 2.95. The van der Waals surface area contributed by atoms with Crippen LogP contribution in [0.4, 0.5) is 4.79 Å². The van der Waals surface area contributed by atoms with Gasteiger partial charge in [0.25, 0.3) is 0 Å². The summed E-state index contributed by atoms with van der Waals surface area (Å²) in [7, 11) is 3.47. The quantitative estimate of drug-likeness (QED) is 0.277. The van der Waals surface area contributed by atoms with Crippen molar-refractivity contribution in [2.45, 2.75) is 57.1 Å². The zero-order valence-electron chi connectivity index (χ0n) is 23.1. The summed E-state index contributed by atoms with van der Waals surface area (Å²) in [5.74, 6) is 1.25. The van der Waals surface area contributed by atoms with Gasteiger partial charge in [-0.2, -0.15) is 0 Å². The van der Waals surface area contributed by atoms with E-state index in [2.05, 4.69) is 23.6 Å². The Balaban J connectivity index is 1.90. The Morgan fingerprint density at radius 3 is 2.61 bits per heavy atom. The summed E-state index contributed by atoms with van der Waals surface area (Å²) in [6.07, 6.45) is 4.57. The number of para-hydroxylation sites is 2. The van der Waals surface area contributed by atoms with Crippen LogP contribution >= 0.6 is 0 Å². The molecule has 0 unspecified atom stereocenters. The molecule has 0 aliphatic carbocycles. The summed E-state index contributed by atoms with van der Waals surface area (Å²) < 4.78 is 11.7. The van der Waals surface area contributed by atoms with Crippen LogP contribution in [0.3, 0.4) is 0 Å². The second kappa shape index (κ2) is 15.1. The van der Waals surface area contributed by atoms with Gasteiger partial charge in [0.15, 0.2) is 0 Å². The minimum atomic E-state index is -1.19. The van der Waals surface area contributed by atoms with Gasteiger partial charge in [0.2, 0.25) is 0 Å². The van der Waals surface area contributed by atoms with Gasteiger partial charge < -0.3 is 35.2 Å². The number of ether oxygens (including phenoxy) is 2. The van der Waals surface area contributed by atoms with Crippen LogP contribution in [0.2, 0.25) is 0 Å². The number of likely N-dealkylation sites (N-methyl/N-ethyl adjacent to an activating group) is 1. The summed E-state index contributed by atoms with van der Waals surface area (Å²) in [6.45, 7) is 4.10. The zero-order valence-corrected chi connectivity index (χ0v) is 23.1. The first kappa shape index (κ1) is 29.9. The fourth-order valence-electron chi connectivity index (χ4n) is 5.35. The van der Waals surface area contributed by atoms with Crippen molar-refractivity contribution in [1.29, 1.82) is 0 Å². The van der Waals surface area contributed by atoms with Gasteiger partial charge in [-0.3, -0.25) is 0 Å². The molecule has 38 heavy (non-hydrogen) atoms. The van der Waals surface area contributed by atoms with E-state index in [1.165, 1.54) is 0 Å². The Kier molecular flexibility index (Phi) is 11.9. The lowest BCUT2D eigenvalue weighted by atomic mass is 9.73. The Morgan fingerprint density at radius 2 is 1.89 bits per heavy atom. The Labute approximate surface area is 227 Å². The van der Waals surface area contributed by atoms with Crippen LogP contribution in [0, 0.1) is 5.92 Å². The molecule has 0 saturated carbocycles. The fourth-order valence-corrected chi connectivity index (χ4v) is 5.35. The highest BCUT2D eigenvalue weighted by molar-refractivity contribution is 5.74. The first-order valence-corrected chi connectivity index (χ1v) is 13.8. The second-order valence-corrected chi connectivity index (χ2v) is 10.1. The Hall–Kier alpha value is -2.65. The van der Waals surface area contributed by atoms with Gasteiger partial charge in [-0.05, 0) is 63.3 Å². The number of nitrogens with zero attached hydrogens (tertiary/aromatic N) is 1. The van der Waals surface area contributed by atoms with Gasteiger partial charge in [0.05, 0.1) is 18.2 Å². The van der Waals surface area contributed by atoms with Gasteiger partial charge >= 0.3 is 6.03 Å². The molecule has 1 aliphatic rings. The standard InChI is InChI=1S/C30H45N3O5/c1-4-23-12-5-7-15-27(23)38-28-16-8-6-14-26(28)30(36,17-9-10-19-37-3)24-13-11-18-33(21-24)29(35)32-25(22-34)20-31-2/h5-8,12,14-16,24-25,31,34,36H,4,9-11,13,17-22H2,1-3H3,(H,32,35)/t24-,25-,30+/m1/s1. The van der Waals surface area contributed by atoms with Crippen molar-refractivity contribution in [3.63, 3.8) is 0 Å². The summed E-state index contributed by atoms with van der Waals surface area (Å²) in [4.78, 5) is 14.8. The first-order valence-electron chi connectivity index (χ1n) is 13.8. The van der Waals surface area contributed by atoms with E-state index in [1.54, 1.807) is 19.1 Å². The molecule has 4 N–H and O–H groups in total. The maximum atomic E-state index is 13.1. The van der Waals surface area contributed by atoms with Crippen LogP contribution in [-0.4, -0.2) is 74.2 Å². The van der Waals surface area contributed by atoms with Crippen molar-refractivity contribution in [2.24, 2.45) is 5.92 Å². The number of aliphatic hydroxyl groups is 2. The highest BCUT2D eigenvalue weighted by Gasteiger charge is 2.43. The van der Waals surface area contributed by atoms with E-state index < -0.39 is 5.60 Å². The topological polar surface area (TPSA) is 103 Å². The lowest BCUT2D eigenvalue weighted by Crippen LogP contribution is -2.54. The van der Waals surface area contributed by atoms with E-state index in [0.717, 1.165) is 49.0 Å². The molecule has 0 spiro atoms. The maximum absolute atomic E-state index is 13.1. The minimum absolute atomic E-state index is 0.142. The molecule has 1 heterocycles. The molecule has 1 saturated heterocycles. The molecule has 3 rings (SSSR count). The van der Waals surface area contributed by atoms with E-state index in [9.17, 15) is 15.0 Å². The monoisotopic (exact) mass is 527 g/mol. The molecule has 8 heteroatoms. The van der Waals surface area contributed by atoms with Crippen LogP contribution in [0.1, 0.15) is 50.2 Å². The lowest BCUT2D eigenvalue weighted by molar-refractivity contribution is -0.0575. The third-order valence-corrected chi connectivity index (χ3v) is 7.47. The van der Waals surface area contributed by atoms with Crippen LogP contribution in [0.5, 0.6) is 11.5 Å². The molecule has 3 atom stereocenters. The molecule has 2 aromatic carbocycles. The average molecular weight is 528 g/mol. The fraction of sp³-hybridized carbons (Fsp3) is 0.567. The van der Waals surface area contributed by atoms with Crippen molar-refractivity contribution in [3.05, 3.63) is 59.7 Å². The summed E-state index contributed by atoms with van der Waals surface area (Å²) in [5, 5.41) is 28.0. The predicted molar refractivity (Wildman–Crippen MR) is 150 cm³/mol. The van der Waals surface area contributed by atoms with E-state index in [4.69, 9.17) is 9.47 Å². The van der Waals surface area contributed by atoms with Crippen molar-refractivity contribution in [1.82, 2.24) is 15.5 Å². The number of carbonyl (C=O) groups excluding carboxylic acids is 1. The lowest BCUT2D eigenvalue weighted by Gasteiger charge is -2.43. The molecule has 0 aromatic heterocycles. The minimum Gasteiger partial charge on any atom is -0.457 e. The third kappa shape index (κ3) is 7.69. The summed E-state index contributed by atoms with van der Waals surface area (Å²) in [6, 6.07) is 15.1. The van der Waals surface area contributed by atoms with Gasteiger partial charge in [-0.15, -0.1) is 0 Å². The van der Waals surface area contributed by atoms with Crippen molar-refractivity contribution in [2.75, 3.05) is 47.0 Å². The highest BCUT2D eigenvalue weighted by Crippen LogP contribution is 2.44. The number of hydrogen-bond donors (Lipinski definition) is 4. The number of methoxy groups -OCH3 is 1. The molecule has 2 aromatic rings. The molecule has 210 valence electrons. The van der Waals surface area contributed by atoms with E-state index in [1.807, 2.05) is 42.5 Å². The van der Waals surface area contributed by atoms with Crippen LogP contribution in [0.15, 0.2) is 48.5 Å². The number of rotatable bonds is 14. The number of aryl methyl sites for hydroxylation is 1. The van der Waals surface area contributed by atoms with Gasteiger partial charge in [0, 0.05) is 44.8 Å². The van der Waals surface area contributed by atoms with Crippen molar-refractivity contribution >= 4 is 6.03 Å². The Bertz CT molecular complexity index is 1000. The van der Waals surface area contributed by atoms with Crippen LogP contribution < -0.4 is 15.4 Å². The van der Waals surface area contributed by atoms with E-state index in [0.29, 0.717) is 38.4 Å². The number of likely N-dealkylation sites (tertiary alicyclic amines) is 1. The Morgan fingerprint density at radius 1 is 1.16 bits per heavy atom. The third-order valence-electron chi connectivity index (χ3n) is 7.47. The van der Waals surface area contributed by atoms with Crippen molar-refractivity contribution in [3.8, 4) is 11.5 Å². The highest BCUT2D eigenvalue weighted by atomic mass is 16.5. The molecule has 8 nitrogen and oxygen atoms in total. The van der Waals surface area contributed by atoms with Gasteiger partial charge in [-0.25, -0.2) is 4.79 Å². The smallest absolute Gasteiger partial charge is 0.317 e. The normalized spacial score (nSPS) is 18.0. The molecule has 0 radical (unpaired) electrons. The number of nitrogens with one attached hydrogen (secondary N) is 2. The summed E-state index contributed by atoms with van der Waals surface area (Å²) in [5.41, 5.74) is 0.664. The van der Waals surface area contributed by atoms with Crippen LogP contribution in [-0.2, 0) is 16.8 Å². The number of carbonyl (C=O) groups is 1. The number of urea groups is 1. The molecule has 2 amide bonds. The number of hydrogen-bond acceptors (Lipinski definition) is 6. The predicted octanol–water partition coefficient (Wildman–Crippen LogP) is 4.05. The molecule has 1 aliphatic heterocycles. The largest absolute Gasteiger partial charge is 0.457 e. The summed E-state index contributed by atoms with van der Waals surface area (Å²) >= 11 is 0.